The van der Waals surface area contributed by atoms with E-state index in [0.717, 1.165) is 25.4 Å². The SMILES string of the molecule is CNc1cc(CN(C)C2CCOC2C)ccn1. The van der Waals surface area contributed by atoms with E-state index in [4.69, 9.17) is 4.74 Å². The number of aromatic nitrogens is 1. The first-order chi connectivity index (χ1) is 8.20. The van der Waals surface area contributed by atoms with Gasteiger partial charge in [0.05, 0.1) is 6.10 Å². The van der Waals surface area contributed by atoms with E-state index in [0.29, 0.717) is 12.1 Å². The van der Waals surface area contributed by atoms with Crippen molar-refractivity contribution in [2.24, 2.45) is 0 Å². The molecule has 0 amide bonds. The van der Waals surface area contributed by atoms with Gasteiger partial charge in [-0.15, -0.1) is 0 Å². The molecule has 1 N–H and O–H groups in total. The summed E-state index contributed by atoms with van der Waals surface area (Å²) < 4.78 is 5.60. The molecule has 0 spiro atoms. The van der Waals surface area contributed by atoms with Gasteiger partial charge >= 0.3 is 0 Å². The van der Waals surface area contributed by atoms with Gasteiger partial charge in [0.2, 0.25) is 0 Å². The molecule has 0 radical (unpaired) electrons. The van der Waals surface area contributed by atoms with Crippen LogP contribution in [0.1, 0.15) is 18.9 Å². The van der Waals surface area contributed by atoms with Crippen molar-refractivity contribution in [3.63, 3.8) is 0 Å². The summed E-state index contributed by atoms with van der Waals surface area (Å²) in [7, 11) is 4.05. The third-order valence-corrected chi connectivity index (χ3v) is 3.41. The fraction of sp³-hybridized carbons (Fsp3) is 0.615. The second kappa shape index (κ2) is 5.47. The number of pyridine rings is 1. The van der Waals surface area contributed by atoms with Gasteiger partial charge in [0.1, 0.15) is 5.82 Å². The maximum absolute atomic E-state index is 5.60. The molecule has 2 atom stereocenters. The minimum absolute atomic E-state index is 0.339. The Balaban J connectivity index is 1.99. The third-order valence-electron chi connectivity index (χ3n) is 3.41. The van der Waals surface area contributed by atoms with Crippen LogP contribution in [-0.4, -0.2) is 42.7 Å². The highest BCUT2D eigenvalue weighted by Gasteiger charge is 2.27. The molecule has 4 nitrogen and oxygen atoms in total. The molecule has 2 heterocycles. The Morgan fingerprint density at radius 1 is 1.59 bits per heavy atom. The number of hydrogen-bond acceptors (Lipinski definition) is 4. The molecular weight excluding hydrogens is 214 g/mol. The zero-order valence-electron chi connectivity index (χ0n) is 10.8. The van der Waals surface area contributed by atoms with Crippen LogP contribution in [0.5, 0.6) is 0 Å². The van der Waals surface area contributed by atoms with E-state index in [2.05, 4.69) is 41.3 Å². The zero-order chi connectivity index (χ0) is 12.3. The van der Waals surface area contributed by atoms with Gasteiger partial charge in [0.25, 0.3) is 0 Å². The number of ether oxygens (including phenoxy) is 1. The molecule has 0 aliphatic carbocycles. The third kappa shape index (κ3) is 2.96. The van der Waals surface area contributed by atoms with Crippen molar-refractivity contribution in [1.29, 1.82) is 0 Å². The van der Waals surface area contributed by atoms with E-state index in [9.17, 15) is 0 Å². The van der Waals surface area contributed by atoms with Crippen molar-refractivity contribution < 1.29 is 4.74 Å². The lowest BCUT2D eigenvalue weighted by Gasteiger charge is -2.26. The quantitative estimate of drug-likeness (QED) is 0.862. The van der Waals surface area contributed by atoms with Gasteiger partial charge in [-0.1, -0.05) is 0 Å². The average molecular weight is 235 g/mol. The Hall–Kier alpha value is -1.13. The van der Waals surface area contributed by atoms with Gasteiger partial charge in [-0.2, -0.15) is 0 Å². The Morgan fingerprint density at radius 2 is 2.41 bits per heavy atom. The second-order valence-electron chi connectivity index (χ2n) is 4.65. The summed E-state index contributed by atoms with van der Waals surface area (Å²) in [5, 5.41) is 3.06. The highest BCUT2D eigenvalue weighted by atomic mass is 16.5. The van der Waals surface area contributed by atoms with Crippen LogP contribution in [0.25, 0.3) is 0 Å². The molecule has 2 rings (SSSR count). The Labute approximate surface area is 103 Å². The van der Waals surface area contributed by atoms with Crippen LogP contribution in [0.4, 0.5) is 5.82 Å². The summed E-state index contributed by atoms with van der Waals surface area (Å²) in [5.41, 5.74) is 1.28. The van der Waals surface area contributed by atoms with Gasteiger partial charge in [0, 0.05) is 32.4 Å². The molecule has 17 heavy (non-hydrogen) atoms. The van der Waals surface area contributed by atoms with Gasteiger partial charge in [-0.25, -0.2) is 4.98 Å². The molecule has 1 aliphatic heterocycles. The summed E-state index contributed by atoms with van der Waals surface area (Å²) in [6.07, 6.45) is 3.32. The van der Waals surface area contributed by atoms with Crippen LogP contribution in [0.3, 0.4) is 0 Å². The van der Waals surface area contributed by atoms with Gasteiger partial charge < -0.3 is 10.1 Å². The molecule has 1 aliphatic rings. The van der Waals surface area contributed by atoms with Crippen LogP contribution in [-0.2, 0) is 11.3 Å². The molecule has 94 valence electrons. The first-order valence-electron chi connectivity index (χ1n) is 6.15. The Bertz CT molecular complexity index is 369. The highest BCUT2D eigenvalue weighted by Crippen LogP contribution is 2.20. The van der Waals surface area contributed by atoms with Crippen LogP contribution < -0.4 is 5.32 Å². The fourth-order valence-corrected chi connectivity index (χ4v) is 2.41. The second-order valence-corrected chi connectivity index (χ2v) is 4.65. The number of rotatable bonds is 4. The molecule has 1 aromatic heterocycles. The predicted octanol–water partition coefficient (Wildman–Crippen LogP) is 1.73. The zero-order valence-corrected chi connectivity index (χ0v) is 10.8. The molecular formula is C13H21N3O. The smallest absolute Gasteiger partial charge is 0.125 e. The summed E-state index contributed by atoms with van der Waals surface area (Å²) >= 11 is 0. The molecule has 2 unspecified atom stereocenters. The molecule has 1 fully saturated rings. The maximum Gasteiger partial charge on any atom is 0.125 e. The van der Waals surface area contributed by atoms with Crippen molar-refractivity contribution in [3.8, 4) is 0 Å². The van der Waals surface area contributed by atoms with Crippen molar-refractivity contribution in [1.82, 2.24) is 9.88 Å². The fourth-order valence-electron chi connectivity index (χ4n) is 2.41. The summed E-state index contributed by atoms with van der Waals surface area (Å²) in [4.78, 5) is 6.59. The number of anilines is 1. The molecule has 0 bridgehead atoms. The monoisotopic (exact) mass is 235 g/mol. The van der Waals surface area contributed by atoms with Crippen molar-refractivity contribution in [3.05, 3.63) is 23.9 Å². The lowest BCUT2D eigenvalue weighted by atomic mass is 10.1. The first kappa shape index (κ1) is 12.3. The van der Waals surface area contributed by atoms with E-state index in [1.165, 1.54) is 5.56 Å². The molecule has 0 saturated carbocycles. The van der Waals surface area contributed by atoms with Crippen LogP contribution in [0.2, 0.25) is 0 Å². The maximum atomic E-state index is 5.60. The normalized spacial score (nSPS) is 24.2. The summed E-state index contributed by atoms with van der Waals surface area (Å²) in [5.74, 6) is 0.923. The molecule has 1 saturated heterocycles. The minimum Gasteiger partial charge on any atom is -0.377 e. The number of likely N-dealkylation sites (N-methyl/N-ethyl adjacent to an activating group) is 1. The first-order valence-corrected chi connectivity index (χ1v) is 6.15. The van der Waals surface area contributed by atoms with E-state index in [1.807, 2.05) is 13.2 Å². The average Bonchev–Trinajstić information content (AvgIpc) is 2.76. The molecule has 4 heteroatoms. The van der Waals surface area contributed by atoms with Crippen LogP contribution >= 0.6 is 0 Å². The van der Waals surface area contributed by atoms with Gasteiger partial charge in [0.15, 0.2) is 0 Å². The Kier molecular flexibility index (Phi) is 3.97. The number of nitrogens with one attached hydrogen (secondary N) is 1. The molecule has 1 aromatic rings. The summed E-state index contributed by atoms with van der Waals surface area (Å²) in [6, 6.07) is 4.69. The largest absolute Gasteiger partial charge is 0.377 e. The van der Waals surface area contributed by atoms with Crippen molar-refractivity contribution in [2.75, 3.05) is 26.0 Å². The number of nitrogens with zero attached hydrogens (tertiary/aromatic N) is 2. The Morgan fingerprint density at radius 3 is 3.06 bits per heavy atom. The topological polar surface area (TPSA) is 37.4 Å². The van der Waals surface area contributed by atoms with E-state index >= 15 is 0 Å². The van der Waals surface area contributed by atoms with Crippen LogP contribution in [0, 0.1) is 0 Å². The number of hydrogen-bond donors (Lipinski definition) is 1. The standard InChI is InChI=1S/C13H21N3O/c1-10-12(5-7-17-10)16(3)9-11-4-6-15-13(8-11)14-2/h4,6,8,10,12H,5,7,9H2,1-3H3,(H,14,15). The van der Waals surface area contributed by atoms with Crippen molar-refractivity contribution in [2.45, 2.75) is 32.0 Å². The highest BCUT2D eigenvalue weighted by molar-refractivity contribution is 5.36. The van der Waals surface area contributed by atoms with Crippen molar-refractivity contribution >= 4 is 5.82 Å². The lowest BCUT2D eigenvalue weighted by Crippen LogP contribution is -2.36. The van der Waals surface area contributed by atoms with E-state index in [1.54, 1.807) is 0 Å². The molecule has 0 aromatic carbocycles. The predicted molar refractivity (Wildman–Crippen MR) is 69.1 cm³/mol. The summed E-state index contributed by atoms with van der Waals surface area (Å²) in [6.45, 7) is 3.98. The minimum atomic E-state index is 0.339. The lowest BCUT2D eigenvalue weighted by molar-refractivity contribution is 0.0814. The van der Waals surface area contributed by atoms with Crippen LogP contribution in [0.15, 0.2) is 18.3 Å². The van der Waals surface area contributed by atoms with E-state index < -0.39 is 0 Å². The van der Waals surface area contributed by atoms with E-state index in [-0.39, 0.29) is 0 Å². The van der Waals surface area contributed by atoms with Gasteiger partial charge in [-0.05, 0) is 38.1 Å². The van der Waals surface area contributed by atoms with Gasteiger partial charge in [-0.3, -0.25) is 4.90 Å².